The van der Waals surface area contributed by atoms with Crippen molar-refractivity contribution in [1.82, 2.24) is 0 Å². The van der Waals surface area contributed by atoms with Gasteiger partial charge in [-0.25, -0.2) is 0 Å². The Balaban J connectivity index is 1.69. The maximum atomic E-state index is 2.29. The van der Waals surface area contributed by atoms with Gasteiger partial charge in [0.05, 0.1) is 0 Å². The lowest BCUT2D eigenvalue weighted by Gasteiger charge is -2.20. The van der Waals surface area contributed by atoms with Gasteiger partial charge in [-0.3, -0.25) is 0 Å². The molecule has 1 heteroatoms. The minimum absolute atomic E-state index is 0.842. The maximum Gasteiger partial charge on any atom is 0.00944 e. The first-order valence-corrected chi connectivity index (χ1v) is 8.53. The van der Waals surface area contributed by atoms with E-state index >= 15 is 0 Å². The highest BCUT2D eigenvalue weighted by molar-refractivity contribution is 8.00. The van der Waals surface area contributed by atoms with Crippen LogP contribution in [0.4, 0.5) is 0 Å². The highest BCUT2D eigenvalue weighted by Crippen LogP contribution is 2.34. The van der Waals surface area contributed by atoms with Gasteiger partial charge in [0.1, 0.15) is 0 Å². The van der Waals surface area contributed by atoms with Gasteiger partial charge in [0, 0.05) is 10.1 Å². The van der Waals surface area contributed by atoms with Gasteiger partial charge in [-0.05, 0) is 43.0 Å². The van der Waals surface area contributed by atoms with E-state index in [0.717, 1.165) is 5.25 Å². The van der Waals surface area contributed by atoms with E-state index in [1.807, 2.05) is 0 Å². The Morgan fingerprint density at radius 1 is 0.750 bits per heavy atom. The Hall–Kier alpha value is -1.21. The third-order valence-electron chi connectivity index (χ3n) is 4.09. The number of thioether (sulfide) groups is 1. The normalized spacial score (nSPS) is 16.2. The zero-order chi connectivity index (χ0) is 13.8. The van der Waals surface area contributed by atoms with Gasteiger partial charge < -0.3 is 0 Å². The molecule has 0 atom stereocenters. The average Bonchev–Trinajstić information content (AvgIpc) is 2.50. The molecule has 0 amide bonds. The van der Waals surface area contributed by atoms with Crippen molar-refractivity contribution in [3.05, 3.63) is 54.1 Å². The molecular formula is C19H22S. The van der Waals surface area contributed by atoms with E-state index in [1.54, 1.807) is 0 Å². The van der Waals surface area contributed by atoms with Crippen molar-refractivity contribution in [3.8, 4) is 11.1 Å². The number of aryl methyl sites for hydroxylation is 1. The second-order valence-electron chi connectivity index (χ2n) is 5.77. The molecule has 0 heterocycles. The Morgan fingerprint density at radius 3 is 1.90 bits per heavy atom. The van der Waals surface area contributed by atoms with E-state index < -0.39 is 0 Å². The molecule has 0 nitrogen and oxygen atoms in total. The standard InChI is InChI=1S/C19H22S/c1-15-7-9-16(10-8-15)17-11-13-19(14-12-17)20-18-5-3-2-4-6-18/h7-14,18H,2-6H2,1H3. The van der Waals surface area contributed by atoms with Crippen molar-refractivity contribution in [2.45, 2.75) is 49.2 Å². The van der Waals surface area contributed by atoms with Gasteiger partial charge in [-0.15, -0.1) is 11.8 Å². The van der Waals surface area contributed by atoms with Gasteiger partial charge in [0.15, 0.2) is 0 Å². The fourth-order valence-electron chi connectivity index (χ4n) is 2.85. The molecular weight excluding hydrogens is 260 g/mol. The van der Waals surface area contributed by atoms with Gasteiger partial charge in [0.25, 0.3) is 0 Å². The summed E-state index contributed by atoms with van der Waals surface area (Å²) in [5, 5.41) is 0.842. The summed E-state index contributed by atoms with van der Waals surface area (Å²) >= 11 is 2.07. The minimum Gasteiger partial charge on any atom is -0.123 e. The topological polar surface area (TPSA) is 0 Å². The number of benzene rings is 2. The summed E-state index contributed by atoms with van der Waals surface area (Å²) < 4.78 is 0. The summed E-state index contributed by atoms with van der Waals surface area (Å²) in [6.07, 6.45) is 7.05. The fraction of sp³-hybridized carbons (Fsp3) is 0.368. The molecule has 0 bridgehead atoms. The fourth-order valence-corrected chi connectivity index (χ4v) is 4.09. The van der Waals surface area contributed by atoms with Gasteiger partial charge in [-0.1, -0.05) is 61.2 Å². The number of rotatable bonds is 3. The molecule has 1 saturated carbocycles. The smallest absolute Gasteiger partial charge is 0.00944 e. The van der Waals surface area contributed by atoms with Crippen LogP contribution in [-0.2, 0) is 0 Å². The monoisotopic (exact) mass is 282 g/mol. The zero-order valence-electron chi connectivity index (χ0n) is 12.1. The maximum absolute atomic E-state index is 2.29. The SMILES string of the molecule is Cc1ccc(-c2ccc(SC3CCCCC3)cc2)cc1. The highest BCUT2D eigenvalue weighted by Gasteiger charge is 2.14. The highest BCUT2D eigenvalue weighted by atomic mass is 32.2. The van der Waals surface area contributed by atoms with Crippen LogP contribution >= 0.6 is 11.8 Å². The molecule has 3 rings (SSSR count). The predicted octanol–water partition coefficient (Wildman–Crippen LogP) is 6.09. The first-order valence-electron chi connectivity index (χ1n) is 7.65. The van der Waals surface area contributed by atoms with Crippen LogP contribution in [0.15, 0.2) is 53.4 Å². The van der Waals surface area contributed by atoms with E-state index in [4.69, 9.17) is 0 Å². The van der Waals surface area contributed by atoms with Gasteiger partial charge in [-0.2, -0.15) is 0 Å². The third-order valence-corrected chi connectivity index (χ3v) is 5.44. The van der Waals surface area contributed by atoms with Crippen molar-refractivity contribution >= 4 is 11.8 Å². The van der Waals surface area contributed by atoms with Gasteiger partial charge >= 0.3 is 0 Å². The van der Waals surface area contributed by atoms with Crippen molar-refractivity contribution in [3.63, 3.8) is 0 Å². The second-order valence-corrected chi connectivity index (χ2v) is 7.14. The molecule has 0 aliphatic heterocycles. The number of hydrogen-bond acceptors (Lipinski definition) is 1. The molecule has 0 radical (unpaired) electrons. The van der Waals surface area contributed by atoms with Crippen LogP contribution in [0.1, 0.15) is 37.7 Å². The quantitative estimate of drug-likeness (QED) is 0.656. The molecule has 0 aromatic heterocycles. The molecule has 0 spiro atoms. The molecule has 20 heavy (non-hydrogen) atoms. The van der Waals surface area contributed by atoms with E-state index in [0.29, 0.717) is 0 Å². The van der Waals surface area contributed by atoms with Crippen LogP contribution in [0.3, 0.4) is 0 Å². The van der Waals surface area contributed by atoms with E-state index in [2.05, 4.69) is 67.2 Å². The molecule has 0 unspecified atom stereocenters. The van der Waals surface area contributed by atoms with E-state index in [1.165, 1.54) is 53.7 Å². The first kappa shape index (κ1) is 13.8. The van der Waals surface area contributed by atoms with Crippen molar-refractivity contribution < 1.29 is 0 Å². The van der Waals surface area contributed by atoms with Crippen molar-refractivity contribution in [1.29, 1.82) is 0 Å². The molecule has 0 saturated heterocycles. The van der Waals surface area contributed by atoms with Crippen LogP contribution in [0.5, 0.6) is 0 Å². The van der Waals surface area contributed by atoms with Crippen LogP contribution in [0.2, 0.25) is 0 Å². The van der Waals surface area contributed by atoms with Crippen LogP contribution in [0.25, 0.3) is 11.1 Å². The zero-order valence-corrected chi connectivity index (χ0v) is 13.0. The molecule has 1 aliphatic carbocycles. The third kappa shape index (κ3) is 3.46. The summed E-state index contributed by atoms with van der Waals surface area (Å²) in [6, 6.07) is 17.9. The summed E-state index contributed by atoms with van der Waals surface area (Å²) in [5.74, 6) is 0. The minimum atomic E-state index is 0.842. The lowest BCUT2D eigenvalue weighted by Crippen LogP contribution is -2.07. The van der Waals surface area contributed by atoms with Crippen LogP contribution in [0, 0.1) is 6.92 Å². The van der Waals surface area contributed by atoms with Gasteiger partial charge in [0.2, 0.25) is 0 Å². The lowest BCUT2D eigenvalue weighted by molar-refractivity contribution is 0.516. The molecule has 2 aromatic carbocycles. The molecule has 1 fully saturated rings. The van der Waals surface area contributed by atoms with E-state index in [-0.39, 0.29) is 0 Å². The Bertz CT molecular complexity index is 533. The summed E-state index contributed by atoms with van der Waals surface area (Å²) in [4.78, 5) is 1.42. The first-order chi connectivity index (χ1) is 9.81. The molecule has 1 aliphatic rings. The number of hydrogen-bond donors (Lipinski definition) is 0. The second kappa shape index (κ2) is 6.49. The average molecular weight is 282 g/mol. The Morgan fingerprint density at radius 2 is 1.30 bits per heavy atom. The molecule has 104 valence electrons. The Labute approximate surface area is 126 Å². The van der Waals surface area contributed by atoms with E-state index in [9.17, 15) is 0 Å². The largest absolute Gasteiger partial charge is 0.123 e. The van der Waals surface area contributed by atoms with Crippen LogP contribution in [-0.4, -0.2) is 5.25 Å². The predicted molar refractivity (Wildman–Crippen MR) is 89.3 cm³/mol. The van der Waals surface area contributed by atoms with Crippen molar-refractivity contribution in [2.24, 2.45) is 0 Å². The summed E-state index contributed by atoms with van der Waals surface area (Å²) in [5.41, 5.74) is 3.95. The summed E-state index contributed by atoms with van der Waals surface area (Å²) in [6.45, 7) is 2.13. The molecule has 0 N–H and O–H groups in total. The lowest BCUT2D eigenvalue weighted by atomic mass is 10.0. The molecule has 2 aromatic rings. The summed E-state index contributed by atoms with van der Waals surface area (Å²) in [7, 11) is 0. The van der Waals surface area contributed by atoms with Crippen molar-refractivity contribution in [2.75, 3.05) is 0 Å². The van der Waals surface area contributed by atoms with Crippen LogP contribution < -0.4 is 0 Å². The Kier molecular flexibility index (Phi) is 4.47.